The molecule has 0 saturated heterocycles. The van der Waals surface area contributed by atoms with E-state index in [2.05, 4.69) is 15.3 Å². The summed E-state index contributed by atoms with van der Waals surface area (Å²) < 4.78 is 38.6. The molecule has 1 amide bonds. The Balaban J connectivity index is 2.51. The summed E-state index contributed by atoms with van der Waals surface area (Å²) in [5.74, 6) is -0.243. The maximum atomic E-state index is 12.9. The van der Waals surface area contributed by atoms with E-state index < -0.39 is 17.3 Å². The number of hydrogen-bond donors (Lipinski definition) is 1. The van der Waals surface area contributed by atoms with Gasteiger partial charge in [-0.2, -0.15) is 13.2 Å². The van der Waals surface area contributed by atoms with Crippen LogP contribution in [0.5, 0.6) is 0 Å². The molecule has 128 valence electrons. The summed E-state index contributed by atoms with van der Waals surface area (Å²) in [6.07, 6.45) is -2.66. The third-order valence-corrected chi connectivity index (χ3v) is 3.31. The summed E-state index contributed by atoms with van der Waals surface area (Å²) in [5.41, 5.74) is -0.0348. The fraction of sp³-hybridized carbons (Fsp3) is 0.353. The van der Waals surface area contributed by atoms with Crippen LogP contribution in [0.2, 0.25) is 0 Å². The predicted molar refractivity (Wildman–Crippen MR) is 85.3 cm³/mol. The minimum absolute atomic E-state index is 0.0535. The lowest BCUT2D eigenvalue weighted by atomic mass is 9.95. The van der Waals surface area contributed by atoms with Crippen molar-refractivity contribution in [3.8, 4) is 11.3 Å². The molecule has 0 aliphatic rings. The monoisotopic (exact) mass is 337 g/mol. The van der Waals surface area contributed by atoms with Crippen molar-refractivity contribution in [2.45, 2.75) is 33.9 Å². The first kappa shape index (κ1) is 17.9. The molecule has 1 heterocycles. The lowest BCUT2D eigenvalue weighted by Gasteiger charge is -2.19. The van der Waals surface area contributed by atoms with Crippen LogP contribution in [0.15, 0.2) is 30.6 Å². The number of nitrogens with one attached hydrogen (secondary N) is 1. The summed E-state index contributed by atoms with van der Waals surface area (Å²) in [6, 6.07) is 5.08. The van der Waals surface area contributed by atoms with Crippen LogP contribution in [-0.2, 0) is 11.0 Å². The van der Waals surface area contributed by atoms with E-state index in [9.17, 15) is 18.0 Å². The van der Waals surface area contributed by atoms with Gasteiger partial charge in [0.2, 0.25) is 5.91 Å². The number of aromatic nitrogens is 2. The molecule has 2 aromatic rings. The normalized spacial score (nSPS) is 12.1. The van der Waals surface area contributed by atoms with Crippen molar-refractivity contribution in [1.82, 2.24) is 9.97 Å². The van der Waals surface area contributed by atoms with Gasteiger partial charge < -0.3 is 5.32 Å². The smallest absolute Gasteiger partial charge is 0.325 e. The molecule has 0 bridgehead atoms. The molecule has 1 N–H and O–H groups in total. The molecular weight excluding hydrogens is 319 g/mol. The number of alkyl halides is 3. The third kappa shape index (κ3) is 4.10. The Morgan fingerprint density at radius 3 is 2.38 bits per heavy atom. The van der Waals surface area contributed by atoms with Gasteiger partial charge in [0, 0.05) is 11.0 Å². The highest BCUT2D eigenvalue weighted by molar-refractivity contribution is 5.98. The number of amides is 1. The number of benzene rings is 1. The van der Waals surface area contributed by atoms with Crippen LogP contribution < -0.4 is 5.32 Å². The number of aryl methyl sites for hydroxylation is 1. The SMILES string of the molecule is Cc1ccc(NC(=O)C(C)(C)C)c(-c2cncc(C(F)(F)F)n2)c1. The zero-order valence-electron chi connectivity index (χ0n) is 13.8. The van der Waals surface area contributed by atoms with E-state index in [1.165, 1.54) is 6.20 Å². The highest BCUT2D eigenvalue weighted by atomic mass is 19.4. The summed E-state index contributed by atoms with van der Waals surface area (Å²) in [4.78, 5) is 19.5. The van der Waals surface area contributed by atoms with Crippen molar-refractivity contribution in [1.29, 1.82) is 0 Å². The van der Waals surface area contributed by atoms with Crippen LogP contribution in [0.3, 0.4) is 0 Å². The van der Waals surface area contributed by atoms with E-state index in [0.717, 1.165) is 5.56 Å². The Bertz CT molecular complexity index is 764. The van der Waals surface area contributed by atoms with Gasteiger partial charge in [0.05, 0.1) is 23.8 Å². The number of carbonyl (C=O) groups is 1. The first-order chi connectivity index (χ1) is 11.0. The van der Waals surface area contributed by atoms with Crippen molar-refractivity contribution in [2.24, 2.45) is 5.41 Å². The highest BCUT2D eigenvalue weighted by Crippen LogP contribution is 2.32. The standard InChI is InChI=1S/C17H18F3N3O/c1-10-5-6-12(23-15(24)16(2,3)4)11(7-10)13-8-21-9-14(22-13)17(18,19)20/h5-9H,1-4H3,(H,23,24). The molecule has 2 rings (SSSR count). The van der Waals surface area contributed by atoms with Gasteiger partial charge in [-0.25, -0.2) is 4.98 Å². The van der Waals surface area contributed by atoms with Crippen LogP contribution in [0, 0.1) is 12.3 Å². The number of nitrogens with zero attached hydrogens (tertiary/aromatic N) is 2. The van der Waals surface area contributed by atoms with Gasteiger partial charge in [-0.3, -0.25) is 9.78 Å². The van der Waals surface area contributed by atoms with Crippen LogP contribution in [-0.4, -0.2) is 15.9 Å². The molecule has 24 heavy (non-hydrogen) atoms. The van der Waals surface area contributed by atoms with Crippen LogP contribution in [0.25, 0.3) is 11.3 Å². The first-order valence-corrected chi connectivity index (χ1v) is 7.30. The molecule has 0 unspecified atom stereocenters. The summed E-state index contributed by atoms with van der Waals surface area (Å²) >= 11 is 0. The Kier molecular flexibility index (Phi) is 4.64. The van der Waals surface area contributed by atoms with E-state index in [1.54, 1.807) is 45.9 Å². The van der Waals surface area contributed by atoms with Crippen molar-refractivity contribution in [2.75, 3.05) is 5.32 Å². The number of halogens is 3. The van der Waals surface area contributed by atoms with Gasteiger partial charge in [0.1, 0.15) is 0 Å². The number of hydrogen-bond acceptors (Lipinski definition) is 3. The van der Waals surface area contributed by atoms with Gasteiger partial charge in [-0.1, -0.05) is 32.4 Å². The molecule has 0 saturated carbocycles. The second-order valence-corrected chi connectivity index (χ2v) is 6.54. The van der Waals surface area contributed by atoms with Crippen LogP contribution in [0.1, 0.15) is 32.0 Å². The molecular formula is C17H18F3N3O. The maximum absolute atomic E-state index is 12.9. The molecule has 0 radical (unpaired) electrons. The van der Waals surface area contributed by atoms with Gasteiger partial charge in [-0.15, -0.1) is 0 Å². The fourth-order valence-corrected chi connectivity index (χ4v) is 1.92. The first-order valence-electron chi connectivity index (χ1n) is 7.30. The molecule has 0 atom stereocenters. The largest absolute Gasteiger partial charge is 0.434 e. The molecule has 0 aliphatic carbocycles. The Hall–Kier alpha value is -2.44. The minimum Gasteiger partial charge on any atom is -0.325 e. The van der Waals surface area contributed by atoms with E-state index in [1.807, 2.05) is 0 Å². The zero-order chi connectivity index (χ0) is 18.1. The molecule has 0 aliphatic heterocycles. The van der Waals surface area contributed by atoms with Crippen LogP contribution >= 0.6 is 0 Å². The average molecular weight is 337 g/mol. The lowest BCUT2D eigenvalue weighted by molar-refractivity contribution is -0.141. The third-order valence-electron chi connectivity index (χ3n) is 3.31. The summed E-state index contributed by atoms with van der Waals surface area (Å²) in [5, 5.41) is 2.75. The Morgan fingerprint density at radius 1 is 1.12 bits per heavy atom. The van der Waals surface area contributed by atoms with Crippen LogP contribution in [0.4, 0.5) is 18.9 Å². The number of rotatable bonds is 2. The Labute approximate surface area is 138 Å². The maximum Gasteiger partial charge on any atom is 0.434 e. The number of carbonyl (C=O) groups excluding carboxylic acids is 1. The average Bonchev–Trinajstić information content (AvgIpc) is 2.47. The minimum atomic E-state index is -4.58. The summed E-state index contributed by atoms with van der Waals surface area (Å²) in [6.45, 7) is 7.06. The molecule has 0 fully saturated rings. The van der Waals surface area contributed by atoms with E-state index in [4.69, 9.17) is 0 Å². The second-order valence-electron chi connectivity index (χ2n) is 6.54. The van der Waals surface area contributed by atoms with E-state index in [0.29, 0.717) is 17.4 Å². The zero-order valence-corrected chi connectivity index (χ0v) is 13.8. The lowest BCUT2D eigenvalue weighted by Crippen LogP contribution is -2.27. The molecule has 7 heteroatoms. The number of anilines is 1. The highest BCUT2D eigenvalue weighted by Gasteiger charge is 2.33. The molecule has 4 nitrogen and oxygen atoms in total. The molecule has 1 aromatic carbocycles. The molecule has 0 spiro atoms. The predicted octanol–water partition coefficient (Wildman–Crippen LogP) is 4.46. The van der Waals surface area contributed by atoms with E-state index in [-0.39, 0.29) is 11.6 Å². The van der Waals surface area contributed by atoms with Gasteiger partial charge >= 0.3 is 6.18 Å². The van der Waals surface area contributed by atoms with Crippen molar-refractivity contribution < 1.29 is 18.0 Å². The quantitative estimate of drug-likeness (QED) is 0.880. The van der Waals surface area contributed by atoms with Gasteiger partial charge in [-0.05, 0) is 19.1 Å². The second kappa shape index (κ2) is 6.22. The topological polar surface area (TPSA) is 54.9 Å². The van der Waals surface area contributed by atoms with Crippen molar-refractivity contribution in [3.05, 3.63) is 41.9 Å². The fourth-order valence-electron chi connectivity index (χ4n) is 1.92. The van der Waals surface area contributed by atoms with Gasteiger partial charge in [0.15, 0.2) is 5.69 Å². The van der Waals surface area contributed by atoms with E-state index >= 15 is 0 Å². The summed E-state index contributed by atoms with van der Waals surface area (Å²) in [7, 11) is 0. The molecule has 1 aromatic heterocycles. The van der Waals surface area contributed by atoms with Crippen molar-refractivity contribution >= 4 is 11.6 Å². The Morgan fingerprint density at radius 2 is 1.79 bits per heavy atom. The van der Waals surface area contributed by atoms with Gasteiger partial charge in [0.25, 0.3) is 0 Å². The van der Waals surface area contributed by atoms with Crippen molar-refractivity contribution in [3.63, 3.8) is 0 Å².